The summed E-state index contributed by atoms with van der Waals surface area (Å²) >= 11 is 0. The van der Waals surface area contributed by atoms with E-state index in [2.05, 4.69) is 0 Å². The third-order valence-electron chi connectivity index (χ3n) is 5.17. The Kier molecular flexibility index (Phi) is 6.72. The highest BCUT2D eigenvalue weighted by molar-refractivity contribution is 5.94. The third kappa shape index (κ3) is 5.31. The summed E-state index contributed by atoms with van der Waals surface area (Å²) in [4.78, 5) is 26.9. The fourth-order valence-corrected chi connectivity index (χ4v) is 3.52. The highest BCUT2D eigenvalue weighted by Crippen LogP contribution is 2.34. The van der Waals surface area contributed by atoms with Crippen molar-refractivity contribution in [3.63, 3.8) is 0 Å². The summed E-state index contributed by atoms with van der Waals surface area (Å²) in [6.45, 7) is 0.336. The summed E-state index contributed by atoms with van der Waals surface area (Å²) in [7, 11) is 0. The van der Waals surface area contributed by atoms with Gasteiger partial charge in [0.25, 0.3) is 5.56 Å². The largest absolute Gasteiger partial charge is 0.486 e. The van der Waals surface area contributed by atoms with E-state index >= 15 is 0 Å². The number of ether oxygens (including phenoxy) is 2. The molecule has 1 amide bonds. The molecule has 0 atom stereocenters. The first-order chi connectivity index (χ1) is 16.3. The maximum Gasteiger partial charge on any atom is 0.421 e. The fraction of sp³-hybridized carbons (Fsp3) is 0.200. The van der Waals surface area contributed by atoms with Crippen LogP contribution in [0.1, 0.15) is 11.1 Å². The molecule has 3 aromatic rings. The number of rotatable bonds is 6. The van der Waals surface area contributed by atoms with Crippen LogP contribution < -0.4 is 19.9 Å². The number of nitrogens with zero attached hydrogens (tertiary/aromatic N) is 2. The first-order valence-corrected chi connectivity index (χ1v) is 10.5. The smallest absolute Gasteiger partial charge is 0.421 e. The molecule has 0 aliphatic carbocycles. The number of hydrogen-bond acceptors (Lipinski definition) is 4. The Hall–Kier alpha value is -4.01. The molecular weight excluding hydrogens is 449 g/mol. The van der Waals surface area contributed by atoms with E-state index in [4.69, 9.17) is 9.47 Å². The molecule has 0 spiro atoms. The monoisotopic (exact) mass is 470 g/mol. The zero-order valence-corrected chi connectivity index (χ0v) is 18.0. The second kappa shape index (κ2) is 9.86. The topological polar surface area (TPSA) is 60.8 Å². The molecule has 1 aliphatic heterocycles. The highest BCUT2D eigenvalue weighted by Gasteiger charge is 2.34. The van der Waals surface area contributed by atoms with E-state index in [-0.39, 0.29) is 6.54 Å². The SMILES string of the molecule is O=C(Cn1cccc(C(F)(F)F)c1=O)N(C/C=C/c1ccccc1)c1ccc2c(c1)OCCO2. The fourth-order valence-electron chi connectivity index (χ4n) is 3.52. The molecule has 1 aliphatic rings. The molecule has 2 aromatic carbocycles. The van der Waals surface area contributed by atoms with Gasteiger partial charge in [-0.1, -0.05) is 42.5 Å². The molecule has 34 heavy (non-hydrogen) atoms. The van der Waals surface area contributed by atoms with Gasteiger partial charge in [-0.15, -0.1) is 0 Å². The second-order valence-electron chi connectivity index (χ2n) is 7.50. The van der Waals surface area contributed by atoms with Crippen LogP contribution in [0.5, 0.6) is 11.5 Å². The number of halogens is 3. The van der Waals surface area contributed by atoms with Crippen LogP contribution >= 0.6 is 0 Å². The van der Waals surface area contributed by atoms with Crippen molar-refractivity contribution in [3.05, 3.63) is 94.4 Å². The number of amides is 1. The number of fused-ring (bicyclic) bond motifs is 1. The minimum atomic E-state index is -4.81. The van der Waals surface area contributed by atoms with Gasteiger partial charge in [-0.25, -0.2) is 0 Å². The molecule has 176 valence electrons. The zero-order valence-electron chi connectivity index (χ0n) is 18.0. The van der Waals surface area contributed by atoms with E-state index in [0.717, 1.165) is 22.4 Å². The summed E-state index contributed by atoms with van der Waals surface area (Å²) in [6.07, 6.45) is -0.0535. The Bertz CT molecular complexity index is 1250. The third-order valence-corrected chi connectivity index (χ3v) is 5.17. The standard InChI is InChI=1S/C25H21F3N2O4/c26-25(27,28)20-9-5-12-29(24(20)32)17-23(31)30(13-4-8-18-6-2-1-3-7-18)19-10-11-21-22(16-19)34-15-14-33-21/h1-12,16H,13-15,17H2/b8-4+. The average Bonchev–Trinajstić information content (AvgIpc) is 2.82. The molecule has 0 N–H and O–H groups in total. The van der Waals surface area contributed by atoms with Crippen molar-refractivity contribution in [2.75, 3.05) is 24.7 Å². The molecule has 0 unspecified atom stereocenters. The number of alkyl halides is 3. The van der Waals surface area contributed by atoms with Crippen molar-refractivity contribution in [1.82, 2.24) is 4.57 Å². The molecular formula is C25H21F3N2O4. The number of anilines is 1. The van der Waals surface area contributed by atoms with Gasteiger partial charge in [0, 0.05) is 24.5 Å². The van der Waals surface area contributed by atoms with Gasteiger partial charge in [0.05, 0.1) is 0 Å². The quantitative estimate of drug-likeness (QED) is 0.537. The van der Waals surface area contributed by atoms with E-state index in [9.17, 15) is 22.8 Å². The second-order valence-corrected chi connectivity index (χ2v) is 7.50. The summed E-state index contributed by atoms with van der Waals surface area (Å²) < 4.78 is 51.3. The van der Waals surface area contributed by atoms with E-state index in [1.807, 2.05) is 36.4 Å². The number of carbonyl (C=O) groups is 1. The minimum absolute atomic E-state index is 0.126. The van der Waals surface area contributed by atoms with Gasteiger partial charge < -0.3 is 18.9 Å². The van der Waals surface area contributed by atoms with Crippen LogP contribution in [0, 0.1) is 0 Å². The number of hydrogen-bond donors (Lipinski definition) is 0. The van der Waals surface area contributed by atoms with Crippen molar-refractivity contribution in [2.24, 2.45) is 0 Å². The Morgan fingerprint density at radius 1 is 1.00 bits per heavy atom. The van der Waals surface area contributed by atoms with Gasteiger partial charge in [-0.2, -0.15) is 13.2 Å². The summed E-state index contributed by atoms with van der Waals surface area (Å²) in [5.41, 5.74) is -1.21. The van der Waals surface area contributed by atoms with Crippen LogP contribution in [-0.2, 0) is 17.5 Å². The van der Waals surface area contributed by atoms with E-state index in [1.165, 1.54) is 4.90 Å². The minimum Gasteiger partial charge on any atom is -0.486 e. The lowest BCUT2D eigenvalue weighted by Gasteiger charge is -2.25. The Morgan fingerprint density at radius 3 is 2.47 bits per heavy atom. The average molecular weight is 470 g/mol. The lowest BCUT2D eigenvalue weighted by atomic mass is 10.2. The van der Waals surface area contributed by atoms with Gasteiger partial charge in [0.2, 0.25) is 5.91 Å². The maximum absolute atomic E-state index is 13.2. The van der Waals surface area contributed by atoms with Crippen LogP contribution in [0.3, 0.4) is 0 Å². The predicted octanol–water partition coefficient (Wildman–Crippen LogP) is 4.38. The van der Waals surface area contributed by atoms with Crippen LogP contribution in [0.25, 0.3) is 6.08 Å². The zero-order chi connectivity index (χ0) is 24.1. The first kappa shape index (κ1) is 23.2. The molecule has 9 heteroatoms. The van der Waals surface area contributed by atoms with Crippen LogP contribution in [0.4, 0.5) is 18.9 Å². The number of carbonyl (C=O) groups excluding carboxylic acids is 1. The molecule has 1 aromatic heterocycles. The lowest BCUT2D eigenvalue weighted by molar-refractivity contribution is -0.139. The van der Waals surface area contributed by atoms with Crippen molar-refractivity contribution in [1.29, 1.82) is 0 Å². The van der Waals surface area contributed by atoms with E-state index in [0.29, 0.717) is 36.5 Å². The van der Waals surface area contributed by atoms with Gasteiger partial charge in [-0.05, 0) is 29.8 Å². The Labute approximate surface area is 193 Å². The number of benzene rings is 2. The lowest BCUT2D eigenvalue weighted by Crippen LogP contribution is -2.38. The highest BCUT2D eigenvalue weighted by atomic mass is 19.4. The Morgan fingerprint density at radius 2 is 1.74 bits per heavy atom. The summed E-state index contributed by atoms with van der Waals surface area (Å²) in [5, 5.41) is 0. The molecule has 4 rings (SSSR count). The molecule has 0 radical (unpaired) electrons. The first-order valence-electron chi connectivity index (χ1n) is 10.5. The molecule has 0 saturated carbocycles. The van der Waals surface area contributed by atoms with E-state index in [1.54, 1.807) is 24.3 Å². The number of pyridine rings is 1. The van der Waals surface area contributed by atoms with Crippen LogP contribution in [-0.4, -0.2) is 30.2 Å². The van der Waals surface area contributed by atoms with Gasteiger partial charge in [0.1, 0.15) is 25.3 Å². The molecule has 2 heterocycles. The van der Waals surface area contributed by atoms with Crippen LogP contribution in [0.2, 0.25) is 0 Å². The molecule has 0 fully saturated rings. The van der Waals surface area contributed by atoms with Gasteiger partial charge in [0.15, 0.2) is 11.5 Å². The van der Waals surface area contributed by atoms with E-state index < -0.39 is 29.8 Å². The molecule has 0 bridgehead atoms. The normalized spacial score (nSPS) is 13.1. The predicted molar refractivity (Wildman–Crippen MR) is 121 cm³/mol. The Balaban J connectivity index is 1.63. The van der Waals surface area contributed by atoms with Gasteiger partial charge in [-0.3, -0.25) is 9.59 Å². The van der Waals surface area contributed by atoms with Crippen molar-refractivity contribution >= 4 is 17.7 Å². The van der Waals surface area contributed by atoms with Crippen molar-refractivity contribution in [3.8, 4) is 11.5 Å². The maximum atomic E-state index is 13.2. The summed E-state index contributed by atoms with van der Waals surface area (Å²) in [5.74, 6) is 0.442. The van der Waals surface area contributed by atoms with Crippen LogP contribution in [0.15, 0.2) is 77.7 Å². The summed E-state index contributed by atoms with van der Waals surface area (Å²) in [6, 6.07) is 16.2. The number of aromatic nitrogens is 1. The van der Waals surface area contributed by atoms with Crippen molar-refractivity contribution < 1.29 is 27.4 Å². The molecule has 6 nitrogen and oxygen atoms in total. The molecule has 0 saturated heterocycles. The van der Waals surface area contributed by atoms with Gasteiger partial charge >= 0.3 is 6.18 Å². The van der Waals surface area contributed by atoms with Crippen molar-refractivity contribution in [2.45, 2.75) is 12.7 Å².